The van der Waals surface area contributed by atoms with Crippen LogP contribution in [0.3, 0.4) is 0 Å². The normalized spacial score (nSPS) is 11.1. The summed E-state index contributed by atoms with van der Waals surface area (Å²) in [6, 6.07) is -0.713. The van der Waals surface area contributed by atoms with Crippen LogP contribution in [0, 0.1) is 17.8 Å². The van der Waals surface area contributed by atoms with Crippen LogP contribution in [-0.2, 0) is 4.79 Å². The molecule has 20 heavy (non-hydrogen) atoms. The minimum atomic E-state index is -0.931. The predicted molar refractivity (Wildman–Crippen MR) is 86.5 cm³/mol. The molecule has 0 aromatic carbocycles. The lowest BCUT2D eigenvalue weighted by molar-refractivity contribution is -0.139. The van der Waals surface area contributed by atoms with Crippen molar-refractivity contribution < 1.29 is 9.90 Å². The molecule has 0 rings (SSSR count). The van der Waals surface area contributed by atoms with Gasteiger partial charge in [0.15, 0.2) is 0 Å². The topological polar surface area (TPSA) is 63.3 Å². The van der Waals surface area contributed by atoms with Gasteiger partial charge in [0.05, 0.1) is 0 Å². The molecule has 0 aromatic rings. The van der Waals surface area contributed by atoms with Gasteiger partial charge in [0.25, 0.3) is 0 Å². The van der Waals surface area contributed by atoms with E-state index in [1.807, 2.05) is 0 Å². The van der Waals surface area contributed by atoms with Crippen LogP contribution in [0.15, 0.2) is 0 Å². The van der Waals surface area contributed by atoms with Crippen molar-refractivity contribution in [3.63, 3.8) is 0 Å². The van der Waals surface area contributed by atoms with E-state index >= 15 is 0 Å². The number of unbranched alkanes of at least 4 members (excludes halogenated alkanes) is 6. The van der Waals surface area contributed by atoms with E-state index in [4.69, 9.17) is 10.8 Å². The average molecular weight is 283 g/mol. The van der Waals surface area contributed by atoms with E-state index in [-0.39, 0.29) is 5.92 Å². The summed E-state index contributed by atoms with van der Waals surface area (Å²) in [5.41, 5.74) is 5.16. The molecule has 118 valence electrons. The van der Waals surface area contributed by atoms with Crippen molar-refractivity contribution in [2.24, 2.45) is 11.7 Å². The SMILES string of the molecule is CC(C)[C@H](N)C(=O)O.CCCCCC#CCCCCC. The van der Waals surface area contributed by atoms with Gasteiger partial charge in [0.2, 0.25) is 0 Å². The molecular weight excluding hydrogens is 250 g/mol. The van der Waals surface area contributed by atoms with Gasteiger partial charge >= 0.3 is 5.97 Å². The second-order valence-corrected chi connectivity index (χ2v) is 5.38. The molecule has 0 aliphatic heterocycles. The summed E-state index contributed by atoms with van der Waals surface area (Å²) in [6.07, 6.45) is 10.1. The van der Waals surface area contributed by atoms with Gasteiger partial charge in [-0.25, -0.2) is 0 Å². The Kier molecular flexibility index (Phi) is 17.1. The first-order valence-electron chi connectivity index (χ1n) is 7.91. The summed E-state index contributed by atoms with van der Waals surface area (Å²) >= 11 is 0. The zero-order chi connectivity index (χ0) is 15.8. The van der Waals surface area contributed by atoms with Gasteiger partial charge in [0.1, 0.15) is 6.04 Å². The van der Waals surface area contributed by atoms with Crippen molar-refractivity contribution in [3.8, 4) is 11.8 Å². The average Bonchev–Trinajstić information content (AvgIpc) is 2.41. The number of carbonyl (C=O) groups is 1. The van der Waals surface area contributed by atoms with Crippen molar-refractivity contribution >= 4 is 5.97 Å². The summed E-state index contributed by atoms with van der Waals surface area (Å²) in [5.74, 6) is 5.55. The highest BCUT2D eigenvalue weighted by Gasteiger charge is 2.14. The van der Waals surface area contributed by atoms with E-state index in [1.54, 1.807) is 13.8 Å². The zero-order valence-electron chi connectivity index (χ0n) is 13.7. The van der Waals surface area contributed by atoms with Gasteiger partial charge in [-0.1, -0.05) is 53.4 Å². The minimum Gasteiger partial charge on any atom is -0.480 e. The second-order valence-electron chi connectivity index (χ2n) is 5.38. The minimum absolute atomic E-state index is 0.0208. The fourth-order valence-corrected chi connectivity index (χ4v) is 1.39. The molecule has 0 radical (unpaired) electrons. The van der Waals surface area contributed by atoms with Crippen molar-refractivity contribution in [1.29, 1.82) is 0 Å². The third-order valence-electron chi connectivity index (χ3n) is 2.94. The van der Waals surface area contributed by atoms with Crippen molar-refractivity contribution in [1.82, 2.24) is 0 Å². The third-order valence-corrected chi connectivity index (χ3v) is 2.94. The van der Waals surface area contributed by atoms with Crippen LogP contribution in [0.4, 0.5) is 0 Å². The van der Waals surface area contributed by atoms with Crippen LogP contribution < -0.4 is 5.73 Å². The first-order valence-corrected chi connectivity index (χ1v) is 7.91. The van der Waals surface area contributed by atoms with E-state index in [9.17, 15) is 4.79 Å². The summed E-state index contributed by atoms with van der Waals surface area (Å²) in [4.78, 5) is 10.0. The van der Waals surface area contributed by atoms with Crippen molar-refractivity contribution in [2.45, 2.75) is 85.1 Å². The van der Waals surface area contributed by atoms with Gasteiger partial charge in [-0.2, -0.15) is 0 Å². The third kappa shape index (κ3) is 17.0. The maximum absolute atomic E-state index is 10.0. The molecule has 0 bridgehead atoms. The van der Waals surface area contributed by atoms with Crippen LogP contribution >= 0.6 is 0 Å². The van der Waals surface area contributed by atoms with Crippen molar-refractivity contribution in [3.05, 3.63) is 0 Å². The standard InChI is InChI=1S/C12H22.C5H11NO2/c1-3-5-7-9-11-12-10-8-6-4-2;1-3(2)4(6)5(7)8/h3-10H2,1-2H3;3-4H,6H2,1-2H3,(H,7,8)/t;4-/m.0/s1. The van der Waals surface area contributed by atoms with E-state index < -0.39 is 12.0 Å². The number of nitrogens with two attached hydrogens (primary N) is 1. The smallest absolute Gasteiger partial charge is 0.320 e. The monoisotopic (exact) mass is 283 g/mol. The van der Waals surface area contributed by atoms with Gasteiger partial charge in [-0.15, -0.1) is 11.8 Å². The molecule has 0 aliphatic rings. The molecule has 3 heteroatoms. The predicted octanol–water partition coefficient (Wildman–Crippen LogP) is 4.20. The fraction of sp³-hybridized carbons (Fsp3) is 0.824. The van der Waals surface area contributed by atoms with Crippen LogP contribution in [0.25, 0.3) is 0 Å². The van der Waals surface area contributed by atoms with Gasteiger partial charge in [0, 0.05) is 12.8 Å². The van der Waals surface area contributed by atoms with E-state index in [1.165, 1.54) is 38.5 Å². The highest BCUT2D eigenvalue weighted by atomic mass is 16.4. The summed E-state index contributed by atoms with van der Waals surface area (Å²) in [6.45, 7) is 8.01. The number of hydrogen-bond donors (Lipinski definition) is 2. The van der Waals surface area contributed by atoms with Gasteiger partial charge in [-0.05, 0) is 18.8 Å². The fourth-order valence-electron chi connectivity index (χ4n) is 1.39. The van der Waals surface area contributed by atoms with E-state index in [0.717, 1.165) is 12.8 Å². The molecule has 0 saturated heterocycles. The number of aliphatic carboxylic acids is 1. The number of rotatable bonds is 8. The lowest BCUT2D eigenvalue weighted by Gasteiger charge is -2.07. The van der Waals surface area contributed by atoms with Gasteiger partial charge in [-0.3, -0.25) is 4.79 Å². The lowest BCUT2D eigenvalue weighted by atomic mass is 10.1. The van der Waals surface area contributed by atoms with Crippen molar-refractivity contribution in [2.75, 3.05) is 0 Å². The molecule has 0 fully saturated rings. The summed E-state index contributed by atoms with van der Waals surface area (Å²) in [7, 11) is 0. The molecule has 3 nitrogen and oxygen atoms in total. The lowest BCUT2D eigenvalue weighted by Crippen LogP contribution is -2.34. The number of carboxylic acid groups (broad SMARTS) is 1. The number of carboxylic acids is 1. The molecule has 0 heterocycles. The van der Waals surface area contributed by atoms with Gasteiger partial charge < -0.3 is 10.8 Å². The largest absolute Gasteiger partial charge is 0.480 e. The molecule has 0 amide bonds. The number of hydrogen-bond acceptors (Lipinski definition) is 2. The Morgan fingerprint density at radius 1 is 1.00 bits per heavy atom. The molecule has 0 aromatic heterocycles. The van der Waals surface area contributed by atoms with Crippen LogP contribution in [0.5, 0.6) is 0 Å². The molecule has 1 atom stereocenters. The molecule has 3 N–H and O–H groups in total. The Morgan fingerprint density at radius 2 is 1.40 bits per heavy atom. The maximum Gasteiger partial charge on any atom is 0.320 e. The molecule has 0 unspecified atom stereocenters. The van der Waals surface area contributed by atoms with Crippen LogP contribution in [-0.4, -0.2) is 17.1 Å². The first-order chi connectivity index (χ1) is 9.47. The zero-order valence-corrected chi connectivity index (χ0v) is 13.7. The first kappa shape index (κ1) is 21.3. The Balaban J connectivity index is 0. The van der Waals surface area contributed by atoms with E-state index in [2.05, 4.69) is 25.7 Å². The van der Waals surface area contributed by atoms with Crippen LogP contribution in [0.1, 0.15) is 79.1 Å². The Labute approximate surface area is 125 Å². The quantitative estimate of drug-likeness (QED) is 0.518. The molecular formula is C17H33NO2. The second kappa shape index (κ2) is 16.0. The molecule has 0 spiro atoms. The highest BCUT2D eigenvalue weighted by molar-refractivity contribution is 5.73. The molecule has 0 saturated carbocycles. The maximum atomic E-state index is 10.0. The molecule has 0 aliphatic carbocycles. The highest BCUT2D eigenvalue weighted by Crippen LogP contribution is 1.99. The Hall–Kier alpha value is -1.01. The van der Waals surface area contributed by atoms with E-state index in [0.29, 0.717) is 0 Å². The summed E-state index contributed by atoms with van der Waals surface area (Å²) in [5, 5.41) is 8.23. The Morgan fingerprint density at radius 3 is 1.60 bits per heavy atom. The Bertz CT molecular complexity index is 262. The van der Waals surface area contributed by atoms with Crippen LogP contribution in [0.2, 0.25) is 0 Å². The summed E-state index contributed by atoms with van der Waals surface area (Å²) < 4.78 is 0.